The molecule has 2 amide bonds. The molecule has 11 heteroatoms. The summed E-state index contributed by atoms with van der Waals surface area (Å²) in [5.41, 5.74) is 1.02. The van der Waals surface area contributed by atoms with Crippen molar-refractivity contribution in [1.82, 2.24) is 10.2 Å². The van der Waals surface area contributed by atoms with E-state index in [1.165, 1.54) is 30.0 Å². The molecule has 35 heavy (non-hydrogen) atoms. The van der Waals surface area contributed by atoms with E-state index in [1.807, 2.05) is 6.92 Å². The molecule has 0 heterocycles. The monoisotopic (exact) mass is 541 g/mol. The first-order valence-corrected chi connectivity index (χ1v) is 13.5. The van der Waals surface area contributed by atoms with Crippen molar-refractivity contribution < 1.29 is 22.8 Å². The minimum Gasteiger partial charge on any atom is -0.354 e. The number of nitrogens with zero attached hydrogens (tertiary/aromatic N) is 2. The van der Waals surface area contributed by atoms with Gasteiger partial charge in [0.1, 0.15) is 12.6 Å². The number of carbonyl (C=O) groups excluding carboxylic acids is 3. The first-order chi connectivity index (χ1) is 16.3. The molecule has 0 aliphatic rings. The zero-order chi connectivity index (χ0) is 26.3. The first-order valence-electron chi connectivity index (χ1n) is 10.9. The number of sulfonamides is 1. The maximum atomic E-state index is 13.5. The molecule has 0 bridgehead atoms. The van der Waals surface area contributed by atoms with Crippen molar-refractivity contribution in [3.8, 4) is 0 Å². The minimum absolute atomic E-state index is 0.0410. The third kappa shape index (κ3) is 7.95. The van der Waals surface area contributed by atoms with Gasteiger partial charge in [0.25, 0.3) is 0 Å². The fourth-order valence-corrected chi connectivity index (χ4v) is 4.62. The quantitative estimate of drug-likeness (QED) is 0.434. The molecular weight excluding hydrogens is 513 g/mol. The number of hydrogen-bond donors (Lipinski definition) is 1. The lowest BCUT2D eigenvalue weighted by Gasteiger charge is -2.31. The van der Waals surface area contributed by atoms with Crippen LogP contribution in [0.2, 0.25) is 10.0 Å². The van der Waals surface area contributed by atoms with Crippen molar-refractivity contribution in [2.24, 2.45) is 0 Å². The lowest BCUT2D eigenvalue weighted by molar-refractivity contribution is -0.139. The summed E-state index contributed by atoms with van der Waals surface area (Å²) in [6, 6.07) is 9.89. The first kappa shape index (κ1) is 28.6. The van der Waals surface area contributed by atoms with Gasteiger partial charge in [0.05, 0.1) is 11.9 Å². The Balaban J connectivity index is 2.44. The van der Waals surface area contributed by atoms with Gasteiger partial charge in [-0.1, -0.05) is 48.3 Å². The largest absolute Gasteiger partial charge is 0.354 e. The lowest BCUT2D eigenvalue weighted by atomic mass is 10.1. The Kier molecular flexibility index (Phi) is 10.1. The third-order valence-corrected chi connectivity index (χ3v) is 7.02. The summed E-state index contributed by atoms with van der Waals surface area (Å²) in [7, 11) is -3.91. The highest BCUT2D eigenvalue weighted by molar-refractivity contribution is 7.92. The van der Waals surface area contributed by atoms with E-state index in [9.17, 15) is 22.8 Å². The summed E-state index contributed by atoms with van der Waals surface area (Å²) in [6.07, 6.45) is 1.68. The van der Waals surface area contributed by atoms with Crippen LogP contribution in [0.3, 0.4) is 0 Å². The molecule has 2 rings (SSSR count). The van der Waals surface area contributed by atoms with Crippen molar-refractivity contribution in [1.29, 1.82) is 0 Å². The van der Waals surface area contributed by atoms with E-state index in [2.05, 4.69) is 5.32 Å². The van der Waals surface area contributed by atoms with Gasteiger partial charge in [0.2, 0.25) is 21.8 Å². The van der Waals surface area contributed by atoms with Gasteiger partial charge in [-0.3, -0.25) is 18.7 Å². The Bertz CT molecular complexity index is 1200. The van der Waals surface area contributed by atoms with Gasteiger partial charge in [-0.2, -0.15) is 0 Å². The molecule has 0 saturated carbocycles. The Morgan fingerprint density at radius 1 is 1.09 bits per heavy atom. The van der Waals surface area contributed by atoms with E-state index in [-0.39, 0.29) is 23.9 Å². The van der Waals surface area contributed by atoms with Crippen LogP contribution in [0.4, 0.5) is 5.69 Å². The summed E-state index contributed by atoms with van der Waals surface area (Å²) < 4.78 is 26.2. The Morgan fingerprint density at radius 3 is 2.34 bits per heavy atom. The second kappa shape index (κ2) is 12.4. The van der Waals surface area contributed by atoms with Crippen LogP contribution in [0, 0.1) is 0 Å². The van der Waals surface area contributed by atoms with Gasteiger partial charge < -0.3 is 10.2 Å². The van der Waals surface area contributed by atoms with E-state index >= 15 is 0 Å². The molecule has 0 saturated heterocycles. The maximum Gasteiger partial charge on any atom is 0.244 e. The summed E-state index contributed by atoms with van der Waals surface area (Å²) >= 11 is 12.3. The highest BCUT2D eigenvalue weighted by Crippen LogP contribution is 2.24. The van der Waals surface area contributed by atoms with E-state index in [1.54, 1.807) is 31.2 Å². The summed E-state index contributed by atoms with van der Waals surface area (Å²) in [5, 5.41) is 3.48. The van der Waals surface area contributed by atoms with E-state index in [4.69, 9.17) is 23.2 Å². The number of nitrogens with one attached hydrogen (secondary N) is 1. The lowest BCUT2D eigenvalue weighted by Crippen LogP contribution is -2.51. The molecule has 0 unspecified atom stereocenters. The van der Waals surface area contributed by atoms with E-state index in [0.29, 0.717) is 34.1 Å². The molecule has 0 aromatic heterocycles. The van der Waals surface area contributed by atoms with Crippen LogP contribution >= 0.6 is 23.2 Å². The standard InChI is InChI=1S/C24H29Cl2N3O5S/c1-5-11-27-24(32)16(2)28(14-19-9-10-20(25)13-22(19)26)23(31)15-29(35(4,33)34)21-8-6-7-18(12-21)17(3)30/h6-10,12-13,16H,5,11,14-15H2,1-4H3,(H,27,32)/t16-/m0/s1. The van der Waals surface area contributed by atoms with E-state index < -0.39 is 28.5 Å². The Hall–Kier alpha value is -2.62. The zero-order valence-corrected chi connectivity index (χ0v) is 22.4. The number of Topliss-reactive ketones (excluding diaryl/α,β-unsaturated/α-hetero) is 1. The molecule has 0 aliphatic carbocycles. The Morgan fingerprint density at radius 2 is 1.77 bits per heavy atom. The van der Waals surface area contributed by atoms with Crippen LogP contribution in [-0.4, -0.2) is 56.3 Å². The average molecular weight is 542 g/mol. The van der Waals surface area contributed by atoms with Crippen molar-refractivity contribution in [2.45, 2.75) is 39.8 Å². The maximum absolute atomic E-state index is 13.5. The fourth-order valence-electron chi connectivity index (χ4n) is 3.31. The number of hydrogen-bond acceptors (Lipinski definition) is 5. The topological polar surface area (TPSA) is 104 Å². The molecule has 1 atom stereocenters. The van der Waals surface area contributed by atoms with Gasteiger partial charge in [-0.25, -0.2) is 8.42 Å². The summed E-state index contributed by atoms with van der Waals surface area (Å²) in [5.74, 6) is -1.24. The van der Waals surface area contributed by atoms with Gasteiger partial charge in [-0.15, -0.1) is 0 Å². The van der Waals surface area contributed by atoms with Crippen LogP contribution in [-0.2, 0) is 26.2 Å². The molecule has 2 aromatic carbocycles. The highest BCUT2D eigenvalue weighted by Gasteiger charge is 2.30. The number of amides is 2. The molecule has 0 aliphatic heterocycles. The fraction of sp³-hybridized carbons (Fsp3) is 0.375. The summed E-state index contributed by atoms with van der Waals surface area (Å²) in [6.45, 7) is 4.65. The molecule has 2 aromatic rings. The highest BCUT2D eigenvalue weighted by atomic mass is 35.5. The van der Waals surface area contributed by atoms with Crippen LogP contribution in [0.1, 0.15) is 43.1 Å². The van der Waals surface area contributed by atoms with Crippen LogP contribution in [0.5, 0.6) is 0 Å². The number of rotatable bonds is 11. The number of carbonyl (C=O) groups is 3. The van der Waals surface area contributed by atoms with Crippen LogP contribution in [0.25, 0.3) is 0 Å². The van der Waals surface area contributed by atoms with Crippen molar-refractivity contribution in [3.05, 3.63) is 63.6 Å². The van der Waals surface area contributed by atoms with Crippen molar-refractivity contribution in [2.75, 3.05) is 23.7 Å². The predicted molar refractivity (Wildman–Crippen MR) is 138 cm³/mol. The Labute approximate surface area is 216 Å². The predicted octanol–water partition coefficient (Wildman–Crippen LogP) is 3.91. The molecular formula is C24H29Cl2N3O5S. The van der Waals surface area contributed by atoms with Crippen LogP contribution in [0.15, 0.2) is 42.5 Å². The molecule has 190 valence electrons. The molecule has 8 nitrogen and oxygen atoms in total. The van der Waals surface area contributed by atoms with Gasteiger partial charge in [-0.05, 0) is 50.1 Å². The normalized spacial score (nSPS) is 12.1. The van der Waals surface area contributed by atoms with Gasteiger partial charge in [0, 0.05) is 28.7 Å². The molecule has 0 fully saturated rings. The average Bonchev–Trinajstić information content (AvgIpc) is 2.79. The molecule has 0 spiro atoms. The minimum atomic E-state index is -3.91. The number of halogens is 2. The molecule has 1 N–H and O–H groups in total. The SMILES string of the molecule is CCCNC(=O)[C@H](C)N(Cc1ccc(Cl)cc1Cl)C(=O)CN(c1cccc(C(C)=O)c1)S(C)(=O)=O. The zero-order valence-electron chi connectivity index (χ0n) is 20.0. The van der Waals surface area contributed by atoms with Gasteiger partial charge >= 0.3 is 0 Å². The molecule has 0 radical (unpaired) electrons. The third-order valence-electron chi connectivity index (χ3n) is 5.29. The second-order valence-electron chi connectivity index (χ2n) is 8.10. The number of benzene rings is 2. The van der Waals surface area contributed by atoms with Crippen molar-refractivity contribution in [3.63, 3.8) is 0 Å². The van der Waals surface area contributed by atoms with Gasteiger partial charge in [0.15, 0.2) is 5.78 Å². The summed E-state index contributed by atoms with van der Waals surface area (Å²) in [4.78, 5) is 39.3. The van der Waals surface area contributed by atoms with Crippen molar-refractivity contribution >= 4 is 56.5 Å². The smallest absolute Gasteiger partial charge is 0.244 e. The van der Waals surface area contributed by atoms with Crippen LogP contribution < -0.4 is 9.62 Å². The van der Waals surface area contributed by atoms with E-state index in [0.717, 1.165) is 10.6 Å². The second-order valence-corrected chi connectivity index (χ2v) is 10.9. The number of anilines is 1. The number of ketones is 1.